The summed E-state index contributed by atoms with van der Waals surface area (Å²) in [6.07, 6.45) is -1.42. The number of alkyl halides is 3. The van der Waals surface area contributed by atoms with Gasteiger partial charge in [0.2, 0.25) is 0 Å². The molecular weight excluding hydrogens is 627 g/mol. The largest absolute Gasteiger partial charge is 0.490 e. The average Bonchev–Trinajstić information content (AvgIpc) is 3.33. The van der Waals surface area contributed by atoms with E-state index in [2.05, 4.69) is 5.32 Å². The summed E-state index contributed by atoms with van der Waals surface area (Å²) in [7, 11) is 1.97. The Morgan fingerprint density at radius 3 is 2.16 bits per heavy atom. The van der Waals surface area contributed by atoms with Gasteiger partial charge in [0.1, 0.15) is 10.7 Å². The van der Waals surface area contributed by atoms with Gasteiger partial charge in [0.05, 0.1) is 5.02 Å². The minimum absolute atomic E-state index is 0.0157. The molecule has 2 N–H and O–H groups in total. The fourth-order valence-electron chi connectivity index (χ4n) is 5.03. The third kappa shape index (κ3) is 8.06. The van der Waals surface area contributed by atoms with E-state index in [-0.39, 0.29) is 24.3 Å². The molecule has 1 saturated carbocycles. The van der Waals surface area contributed by atoms with E-state index in [1.54, 1.807) is 6.07 Å². The molecule has 0 bridgehead atoms. The van der Waals surface area contributed by atoms with E-state index in [0.29, 0.717) is 26.5 Å². The number of nitrogens with zero attached hydrogens (tertiary/aromatic N) is 1. The van der Waals surface area contributed by atoms with Crippen molar-refractivity contribution in [1.82, 2.24) is 10.2 Å². The van der Waals surface area contributed by atoms with Crippen molar-refractivity contribution in [2.45, 2.75) is 50.5 Å². The SMILES string of the molecule is CNC1CCC(N(Cc2cc(-c3ccc(Cl)cc3)ccc2F)C(=O)c2sc3ccccc3c2Cl)CC1.O=C(O)C(F)(F)F. The first kappa shape index (κ1) is 32.7. The highest BCUT2D eigenvalue weighted by molar-refractivity contribution is 7.21. The number of nitrogens with one attached hydrogen (secondary N) is 1. The summed E-state index contributed by atoms with van der Waals surface area (Å²) in [6.45, 7) is 0.186. The molecule has 5 nitrogen and oxygen atoms in total. The molecule has 0 saturated heterocycles. The number of benzene rings is 3. The molecule has 1 aliphatic carbocycles. The molecule has 1 aromatic heterocycles. The van der Waals surface area contributed by atoms with E-state index >= 15 is 4.39 Å². The number of thiophene rings is 1. The smallest absolute Gasteiger partial charge is 0.475 e. The molecule has 1 heterocycles. The highest BCUT2D eigenvalue weighted by Crippen LogP contribution is 2.38. The Balaban J connectivity index is 0.000000541. The van der Waals surface area contributed by atoms with Crippen molar-refractivity contribution in [1.29, 1.82) is 0 Å². The summed E-state index contributed by atoms with van der Waals surface area (Å²) in [5.74, 6) is -3.21. The first-order valence-corrected chi connectivity index (χ1v) is 15.0. The van der Waals surface area contributed by atoms with Crippen LogP contribution < -0.4 is 5.32 Å². The number of carbonyl (C=O) groups excluding carboxylic acids is 1. The van der Waals surface area contributed by atoms with Gasteiger partial charge in [0.15, 0.2) is 0 Å². The van der Waals surface area contributed by atoms with Gasteiger partial charge in [-0.05, 0) is 74.2 Å². The molecule has 0 spiro atoms. The van der Waals surface area contributed by atoms with Crippen LogP contribution in [0.25, 0.3) is 21.2 Å². The standard InChI is InChI=1S/C29H27Cl2FN2OS.C2HF3O2/c1-33-22-11-13-23(14-12-22)34(29(35)28-27(31)24-4-2-3-5-26(24)36-28)17-20-16-19(8-15-25(20)32)18-6-9-21(30)10-7-18;3-2(4,5)1(6)7/h2-10,15-16,22-23,33H,11-14,17H2,1H3;(H,6,7). The number of carbonyl (C=O) groups is 2. The summed E-state index contributed by atoms with van der Waals surface area (Å²) in [5, 5.41) is 12.5. The van der Waals surface area contributed by atoms with Crippen LogP contribution in [0.4, 0.5) is 17.6 Å². The molecule has 0 radical (unpaired) electrons. The first-order valence-electron chi connectivity index (χ1n) is 13.4. The Bertz CT molecular complexity index is 1590. The van der Waals surface area contributed by atoms with Crippen molar-refractivity contribution in [3.05, 3.63) is 93.0 Å². The van der Waals surface area contributed by atoms with Crippen LogP contribution in [-0.2, 0) is 11.3 Å². The number of amides is 1. The van der Waals surface area contributed by atoms with Crippen molar-refractivity contribution in [3.8, 4) is 11.1 Å². The zero-order valence-corrected chi connectivity index (χ0v) is 25.3. The van der Waals surface area contributed by atoms with Crippen molar-refractivity contribution < 1.29 is 32.3 Å². The van der Waals surface area contributed by atoms with E-state index in [0.717, 1.165) is 46.9 Å². The van der Waals surface area contributed by atoms with Crippen molar-refractivity contribution in [2.24, 2.45) is 0 Å². The zero-order chi connectivity index (χ0) is 31.3. The lowest BCUT2D eigenvalue weighted by atomic mass is 9.89. The van der Waals surface area contributed by atoms with Crippen LogP contribution in [0.2, 0.25) is 10.0 Å². The second kappa shape index (κ2) is 14.1. The molecule has 0 aliphatic heterocycles. The van der Waals surface area contributed by atoms with E-state index in [1.165, 1.54) is 17.4 Å². The lowest BCUT2D eigenvalue weighted by molar-refractivity contribution is -0.192. The van der Waals surface area contributed by atoms with Gasteiger partial charge >= 0.3 is 12.1 Å². The predicted molar refractivity (Wildman–Crippen MR) is 162 cm³/mol. The maximum absolute atomic E-state index is 15.1. The monoisotopic (exact) mass is 654 g/mol. The minimum Gasteiger partial charge on any atom is -0.475 e. The summed E-state index contributed by atoms with van der Waals surface area (Å²) in [6, 6.07) is 20.8. The van der Waals surface area contributed by atoms with Gasteiger partial charge in [-0.25, -0.2) is 9.18 Å². The van der Waals surface area contributed by atoms with Gasteiger partial charge in [0.25, 0.3) is 5.91 Å². The van der Waals surface area contributed by atoms with Crippen LogP contribution >= 0.6 is 34.5 Å². The molecule has 3 aromatic carbocycles. The fraction of sp³-hybridized carbons (Fsp3) is 0.290. The number of hydrogen-bond acceptors (Lipinski definition) is 4. The van der Waals surface area contributed by atoms with Gasteiger partial charge in [0, 0.05) is 39.3 Å². The minimum atomic E-state index is -5.08. The van der Waals surface area contributed by atoms with Crippen LogP contribution in [0, 0.1) is 5.82 Å². The lowest BCUT2D eigenvalue weighted by Gasteiger charge is -2.37. The van der Waals surface area contributed by atoms with Gasteiger partial charge in [-0.3, -0.25) is 4.79 Å². The number of carboxylic acids is 1. The Morgan fingerprint density at radius 2 is 1.58 bits per heavy atom. The summed E-state index contributed by atoms with van der Waals surface area (Å²) in [4.78, 5) is 25.2. The first-order chi connectivity index (χ1) is 20.4. The maximum Gasteiger partial charge on any atom is 0.490 e. The highest BCUT2D eigenvalue weighted by atomic mass is 35.5. The topological polar surface area (TPSA) is 69.6 Å². The quantitative estimate of drug-likeness (QED) is 0.204. The van der Waals surface area contributed by atoms with Crippen molar-refractivity contribution in [3.63, 3.8) is 0 Å². The predicted octanol–water partition coefficient (Wildman–Crippen LogP) is 8.82. The summed E-state index contributed by atoms with van der Waals surface area (Å²) in [5.41, 5.74) is 2.32. The third-order valence-electron chi connectivity index (χ3n) is 7.34. The van der Waals surface area contributed by atoms with E-state index in [9.17, 15) is 18.0 Å². The van der Waals surface area contributed by atoms with Crippen molar-refractivity contribution in [2.75, 3.05) is 7.05 Å². The Morgan fingerprint density at radius 1 is 0.977 bits per heavy atom. The van der Waals surface area contributed by atoms with Gasteiger partial charge in [-0.2, -0.15) is 13.2 Å². The maximum atomic E-state index is 15.1. The Labute approximate surface area is 260 Å². The molecule has 1 fully saturated rings. The molecule has 1 aliphatic rings. The summed E-state index contributed by atoms with van der Waals surface area (Å²) >= 11 is 14.2. The van der Waals surface area contributed by atoms with Gasteiger partial charge in [-0.15, -0.1) is 11.3 Å². The lowest BCUT2D eigenvalue weighted by Crippen LogP contribution is -2.44. The van der Waals surface area contributed by atoms with E-state index in [4.69, 9.17) is 33.1 Å². The third-order valence-corrected chi connectivity index (χ3v) is 9.26. The number of rotatable bonds is 6. The van der Waals surface area contributed by atoms with E-state index < -0.39 is 12.1 Å². The summed E-state index contributed by atoms with van der Waals surface area (Å²) < 4.78 is 47.8. The second-order valence-corrected chi connectivity index (χ2v) is 12.0. The number of halogens is 6. The van der Waals surface area contributed by atoms with Gasteiger partial charge in [-0.1, -0.05) is 59.6 Å². The number of aliphatic carboxylic acids is 1. The second-order valence-electron chi connectivity index (χ2n) is 10.1. The molecule has 4 aromatic rings. The molecule has 0 unspecified atom stereocenters. The number of hydrogen-bond donors (Lipinski definition) is 2. The molecule has 228 valence electrons. The van der Waals surface area contributed by atoms with Crippen LogP contribution in [0.1, 0.15) is 40.9 Å². The van der Waals surface area contributed by atoms with Crippen molar-refractivity contribution >= 4 is 56.5 Å². The number of fused-ring (bicyclic) bond motifs is 1. The molecule has 12 heteroatoms. The van der Waals surface area contributed by atoms with Crippen LogP contribution in [0.5, 0.6) is 0 Å². The molecule has 0 atom stereocenters. The highest BCUT2D eigenvalue weighted by Gasteiger charge is 2.38. The zero-order valence-electron chi connectivity index (χ0n) is 22.9. The fourth-order valence-corrected chi connectivity index (χ4v) is 6.62. The van der Waals surface area contributed by atoms with Gasteiger partial charge < -0.3 is 15.3 Å². The van der Waals surface area contributed by atoms with Crippen LogP contribution in [0.15, 0.2) is 66.7 Å². The van der Waals surface area contributed by atoms with E-state index in [1.807, 2.05) is 66.5 Å². The molecule has 1 amide bonds. The van der Waals surface area contributed by atoms with Crippen LogP contribution in [0.3, 0.4) is 0 Å². The normalized spacial score (nSPS) is 16.8. The molecule has 5 rings (SSSR count). The number of carboxylic acid groups (broad SMARTS) is 1. The molecular formula is C31H28Cl2F4N2O3S. The van der Waals surface area contributed by atoms with Crippen LogP contribution in [-0.4, -0.2) is 47.2 Å². The molecule has 43 heavy (non-hydrogen) atoms. The Hall–Kier alpha value is -3.18. The Kier molecular flexibility index (Phi) is 10.7. The average molecular weight is 656 g/mol.